The number of hydrogen-bond donors (Lipinski definition) is 1. The van der Waals surface area contributed by atoms with Crippen molar-refractivity contribution in [3.63, 3.8) is 0 Å². The summed E-state index contributed by atoms with van der Waals surface area (Å²) in [6, 6.07) is 14.7. The van der Waals surface area contributed by atoms with E-state index in [9.17, 15) is 4.79 Å². The quantitative estimate of drug-likeness (QED) is 0.923. The molecule has 120 valence electrons. The molecular formula is C19H23N3O. The molecule has 0 unspecified atom stereocenters. The van der Waals surface area contributed by atoms with E-state index in [1.165, 1.54) is 11.1 Å². The molecule has 1 aliphatic heterocycles. The lowest BCUT2D eigenvalue weighted by Crippen LogP contribution is -2.42. The molecule has 1 N–H and O–H groups in total. The van der Waals surface area contributed by atoms with Gasteiger partial charge < -0.3 is 5.32 Å². The number of pyridine rings is 1. The van der Waals surface area contributed by atoms with Gasteiger partial charge in [-0.25, -0.2) is 0 Å². The first-order valence-corrected chi connectivity index (χ1v) is 8.26. The van der Waals surface area contributed by atoms with Crippen LogP contribution in [0.2, 0.25) is 0 Å². The molecule has 0 radical (unpaired) electrons. The summed E-state index contributed by atoms with van der Waals surface area (Å²) in [4.78, 5) is 18.8. The first-order valence-electron chi connectivity index (χ1n) is 8.26. The van der Waals surface area contributed by atoms with E-state index < -0.39 is 0 Å². The summed E-state index contributed by atoms with van der Waals surface area (Å²) >= 11 is 0. The Balaban J connectivity index is 1.60. The van der Waals surface area contributed by atoms with Gasteiger partial charge in [0.1, 0.15) is 0 Å². The van der Waals surface area contributed by atoms with Crippen LogP contribution in [-0.4, -0.2) is 28.9 Å². The molecule has 1 aromatic heterocycles. The van der Waals surface area contributed by atoms with E-state index >= 15 is 0 Å². The molecule has 1 amide bonds. The second-order valence-corrected chi connectivity index (χ2v) is 5.94. The van der Waals surface area contributed by atoms with Crippen LogP contribution in [0.1, 0.15) is 36.2 Å². The van der Waals surface area contributed by atoms with Crippen LogP contribution in [0.4, 0.5) is 0 Å². The minimum atomic E-state index is 0.0634. The van der Waals surface area contributed by atoms with Crippen LogP contribution in [-0.2, 0) is 17.8 Å². The van der Waals surface area contributed by atoms with Gasteiger partial charge in [0, 0.05) is 18.8 Å². The smallest absolute Gasteiger partial charge is 0.234 e. The maximum atomic E-state index is 12.3. The third-order valence-electron chi connectivity index (χ3n) is 4.45. The van der Waals surface area contributed by atoms with E-state index in [0.717, 1.165) is 25.1 Å². The number of fused-ring (bicyclic) bond motifs is 1. The van der Waals surface area contributed by atoms with Crippen LogP contribution in [0.3, 0.4) is 0 Å². The van der Waals surface area contributed by atoms with Gasteiger partial charge >= 0.3 is 0 Å². The SMILES string of the molecule is CC[C@H]1c2ccccc2CCN1CC(=O)NCc1ccccn1. The van der Waals surface area contributed by atoms with Gasteiger partial charge in [-0.1, -0.05) is 37.3 Å². The van der Waals surface area contributed by atoms with E-state index in [2.05, 4.69) is 46.4 Å². The first-order chi connectivity index (χ1) is 11.3. The van der Waals surface area contributed by atoms with E-state index in [-0.39, 0.29) is 5.91 Å². The van der Waals surface area contributed by atoms with E-state index in [0.29, 0.717) is 19.1 Å². The molecular weight excluding hydrogens is 286 g/mol. The Morgan fingerprint density at radius 1 is 1.26 bits per heavy atom. The van der Waals surface area contributed by atoms with Crippen molar-refractivity contribution in [2.24, 2.45) is 0 Å². The lowest BCUT2D eigenvalue weighted by atomic mass is 9.91. The Hall–Kier alpha value is -2.20. The molecule has 0 saturated heterocycles. The molecule has 0 saturated carbocycles. The number of rotatable bonds is 5. The summed E-state index contributed by atoms with van der Waals surface area (Å²) in [5.41, 5.74) is 3.68. The fraction of sp³-hybridized carbons (Fsp3) is 0.368. The average molecular weight is 309 g/mol. The van der Waals surface area contributed by atoms with Gasteiger partial charge in [0.05, 0.1) is 18.8 Å². The number of benzene rings is 1. The molecule has 0 fully saturated rings. The fourth-order valence-electron chi connectivity index (χ4n) is 3.30. The van der Waals surface area contributed by atoms with Crippen molar-refractivity contribution < 1.29 is 4.79 Å². The number of carbonyl (C=O) groups excluding carboxylic acids is 1. The Morgan fingerprint density at radius 3 is 2.87 bits per heavy atom. The first kappa shape index (κ1) is 15.7. The van der Waals surface area contributed by atoms with Crippen molar-refractivity contribution in [3.8, 4) is 0 Å². The summed E-state index contributed by atoms with van der Waals surface area (Å²) in [6.07, 6.45) is 3.78. The highest BCUT2D eigenvalue weighted by atomic mass is 16.2. The maximum Gasteiger partial charge on any atom is 0.234 e. The van der Waals surface area contributed by atoms with Crippen LogP contribution in [0.5, 0.6) is 0 Å². The number of aromatic nitrogens is 1. The zero-order valence-electron chi connectivity index (χ0n) is 13.5. The fourth-order valence-corrected chi connectivity index (χ4v) is 3.30. The lowest BCUT2D eigenvalue weighted by molar-refractivity contribution is -0.123. The number of nitrogens with zero attached hydrogens (tertiary/aromatic N) is 2. The Bertz CT molecular complexity index is 657. The van der Waals surface area contributed by atoms with Crippen LogP contribution < -0.4 is 5.32 Å². The topological polar surface area (TPSA) is 45.2 Å². The monoisotopic (exact) mass is 309 g/mol. The van der Waals surface area contributed by atoms with Gasteiger partial charge in [-0.3, -0.25) is 14.7 Å². The molecule has 1 aromatic carbocycles. The normalized spacial score (nSPS) is 17.5. The molecule has 4 heteroatoms. The van der Waals surface area contributed by atoms with Gasteiger partial charge in [0.2, 0.25) is 5.91 Å². The summed E-state index contributed by atoms with van der Waals surface area (Å²) in [7, 11) is 0. The number of carbonyl (C=O) groups is 1. The Kier molecular flexibility index (Phi) is 5.03. The largest absolute Gasteiger partial charge is 0.349 e. The highest BCUT2D eigenvalue weighted by molar-refractivity contribution is 5.78. The zero-order valence-corrected chi connectivity index (χ0v) is 13.5. The van der Waals surface area contributed by atoms with E-state index in [1.807, 2.05) is 18.2 Å². The van der Waals surface area contributed by atoms with Gasteiger partial charge in [-0.05, 0) is 36.1 Å². The van der Waals surface area contributed by atoms with Crippen molar-refractivity contribution in [3.05, 3.63) is 65.5 Å². The molecule has 0 bridgehead atoms. The Morgan fingerprint density at radius 2 is 2.09 bits per heavy atom. The summed E-state index contributed by atoms with van der Waals surface area (Å²) < 4.78 is 0. The van der Waals surface area contributed by atoms with E-state index in [1.54, 1.807) is 6.20 Å². The molecule has 2 aromatic rings. The zero-order chi connectivity index (χ0) is 16.1. The summed E-state index contributed by atoms with van der Waals surface area (Å²) in [5.74, 6) is 0.0634. The molecule has 1 atom stereocenters. The van der Waals surface area contributed by atoms with Crippen molar-refractivity contribution in [2.75, 3.05) is 13.1 Å². The highest BCUT2D eigenvalue weighted by Crippen LogP contribution is 2.31. The number of hydrogen-bond acceptors (Lipinski definition) is 3. The molecule has 0 aliphatic carbocycles. The van der Waals surface area contributed by atoms with Crippen LogP contribution >= 0.6 is 0 Å². The predicted molar refractivity (Wildman–Crippen MR) is 90.8 cm³/mol. The standard InChI is InChI=1S/C19H23N3O/c1-2-18-17-9-4-3-7-15(17)10-12-22(18)14-19(23)21-13-16-8-5-6-11-20-16/h3-9,11,18H,2,10,12-14H2,1H3,(H,21,23)/t18-/m0/s1. The van der Waals surface area contributed by atoms with E-state index in [4.69, 9.17) is 0 Å². The molecule has 2 heterocycles. The predicted octanol–water partition coefficient (Wildman–Crippen LogP) is 2.71. The van der Waals surface area contributed by atoms with Crippen molar-refractivity contribution in [2.45, 2.75) is 32.4 Å². The maximum absolute atomic E-state index is 12.3. The van der Waals surface area contributed by atoms with Gasteiger partial charge in [0.15, 0.2) is 0 Å². The Labute approximate surface area is 137 Å². The summed E-state index contributed by atoms with van der Waals surface area (Å²) in [5, 5.41) is 2.97. The highest BCUT2D eigenvalue weighted by Gasteiger charge is 2.26. The van der Waals surface area contributed by atoms with Crippen molar-refractivity contribution >= 4 is 5.91 Å². The molecule has 0 spiro atoms. The molecule has 1 aliphatic rings. The van der Waals surface area contributed by atoms with Crippen LogP contribution in [0.25, 0.3) is 0 Å². The third-order valence-corrected chi connectivity index (χ3v) is 4.45. The van der Waals surface area contributed by atoms with Crippen molar-refractivity contribution in [1.82, 2.24) is 15.2 Å². The van der Waals surface area contributed by atoms with Crippen molar-refractivity contribution in [1.29, 1.82) is 0 Å². The van der Waals surface area contributed by atoms with Crippen LogP contribution in [0, 0.1) is 0 Å². The minimum Gasteiger partial charge on any atom is -0.349 e. The van der Waals surface area contributed by atoms with Crippen LogP contribution in [0.15, 0.2) is 48.7 Å². The average Bonchev–Trinajstić information content (AvgIpc) is 2.60. The molecule has 23 heavy (non-hydrogen) atoms. The second-order valence-electron chi connectivity index (χ2n) is 5.94. The number of nitrogens with one attached hydrogen (secondary N) is 1. The van der Waals surface area contributed by atoms with Gasteiger partial charge in [-0.2, -0.15) is 0 Å². The third kappa shape index (κ3) is 3.77. The van der Waals surface area contributed by atoms with Gasteiger partial charge in [0.25, 0.3) is 0 Å². The lowest BCUT2D eigenvalue weighted by Gasteiger charge is -2.36. The molecule has 3 rings (SSSR count). The number of amides is 1. The summed E-state index contributed by atoms with van der Waals surface area (Å²) in [6.45, 7) is 4.05. The second kappa shape index (κ2) is 7.38. The van der Waals surface area contributed by atoms with Gasteiger partial charge in [-0.15, -0.1) is 0 Å². The minimum absolute atomic E-state index is 0.0634. The molecule has 4 nitrogen and oxygen atoms in total.